The third-order valence-electron chi connectivity index (χ3n) is 3.57. The molecule has 1 aliphatic rings. The summed E-state index contributed by atoms with van der Waals surface area (Å²) >= 11 is 0. The molecule has 2 rings (SSSR count). The van der Waals surface area contributed by atoms with Crippen molar-refractivity contribution in [3.63, 3.8) is 0 Å². The van der Waals surface area contributed by atoms with Crippen LogP contribution in [-0.2, 0) is 11.2 Å². The summed E-state index contributed by atoms with van der Waals surface area (Å²) in [6.45, 7) is 6.57. The van der Waals surface area contributed by atoms with Crippen LogP contribution in [0.1, 0.15) is 45.6 Å². The molecule has 0 radical (unpaired) electrons. The van der Waals surface area contributed by atoms with Crippen molar-refractivity contribution in [3.05, 3.63) is 46.3 Å². The van der Waals surface area contributed by atoms with Gasteiger partial charge in [0.15, 0.2) is 0 Å². The zero-order valence-corrected chi connectivity index (χ0v) is 14.2. The number of hydrogen-bond acceptors (Lipinski definition) is 3. The van der Waals surface area contributed by atoms with Gasteiger partial charge in [-0.05, 0) is 62.5 Å². The van der Waals surface area contributed by atoms with Crippen LogP contribution in [0.15, 0.2) is 30.3 Å². The molecular weight excluding hydrogens is 292 g/mol. The molecule has 0 unspecified atom stereocenters. The molecule has 0 bridgehead atoms. The second kappa shape index (κ2) is 9.06. The Morgan fingerprint density at radius 2 is 1.96 bits per heavy atom. The van der Waals surface area contributed by atoms with E-state index in [-0.39, 0.29) is 12.1 Å². The van der Waals surface area contributed by atoms with Crippen LogP contribution >= 0.6 is 0 Å². The molecule has 1 atom stereocenters. The van der Waals surface area contributed by atoms with Gasteiger partial charge in [-0.2, -0.15) is 0 Å². The van der Waals surface area contributed by atoms with E-state index in [0.29, 0.717) is 0 Å². The van der Waals surface area contributed by atoms with Gasteiger partial charge in [0.05, 0.1) is 0 Å². The normalized spacial score (nSPS) is 17.5. The van der Waals surface area contributed by atoms with Gasteiger partial charge >= 0.3 is 6.09 Å². The lowest BCUT2D eigenvalue weighted by Gasteiger charge is -2.37. The lowest BCUT2D eigenvalue weighted by Crippen LogP contribution is -2.47. The number of nitrogens with one attached hydrogen (secondary N) is 1. The summed E-state index contributed by atoms with van der Waals surface area (Å²) < 4.78 is 5.53. The summed E-state index contributed by atoms with van der Waals surface area (Å²) in [7, 11) is 0. The zero-order valence-electron chi connectivity index (χ0n) is 14.2. The van der Waals surface area contributed by atoms with E-state index in [1.54, 1.807) is 4.91 Å². The molecular formula is C17H26N4O2. The molecule has 1 N–H and O–H groups in total. The molecule has 1 fully saturated rings. The van der Waals surface area contributed by atoms with Crippen LogP contribution in [0.3, 0.4) is 0 Å². The minimum Gasteiger partial charge on any atom is -0.444 e. The van der Waals surface area contributed by atoms with Crippen molar-refractivity contribution >= 4 is 6.09 Å². The first-order chi connectivity index (χ1) is 10.9. The Kier molecular flexibility index (Phi) is 7.42. The summed E-state index contributed by atoms with van der Waals surface area (Å²) in [4.78, 5) is 16.0. The predicted octanol–water partition coefficient (Wildman–Crippen LogP) is 4.89. The Morgan fingerprint density at radius 3 is 2.52 bits per heavy atom. The van der Waals surface area contributed by atoms with Gasteiger partial charge in [0, 0.05) is 12.6 Å². The maximum atomic E-state index is 12.3. The van der Waals surface area contributed by atoms with Crippen molar-refractivity contribution in [1.82, 2.24) is 4.90 Å². The first kappa shape index (κ1) is 18.8. The first-order valence-electron chi connectivity index (χ1n) is 7.91. The smallest absolute Gasteiger partial charge is 0.410 e. The van der Waals surface area contributed by atoms with E-state index in [2.05, 4.69) is 24.3 Å². The van der Waals surface area contributed by atoms with Crippen molar-refractivity contribution < 1.29 is 9.53 Å². The number of piperidine rings is 1. The summed E-state index contributed by atoms with van der Waals surface area (Å²) in [6, 6.07) is 10.6. The van der Waals surface area contributed by atoms with Crippen LogP contribution in [-0.4, -0.2) is 29.2 Å². The molecule has 1 aliphatic heterocycles. The maximum Gasteiger partial charge on any atom is 0.410 e. The number of carbonyl (C=O) groups is 1. The zero-order chi connectivity index (χ0) is 17.3. The molecule has 6 heteroatoms. The third kappa shape index (κ3) is 7.06. The highest BCUT2D eigenvalue weighted by atomic mass is 16.6. The highest BCUT2D eigenvalue weighted by Crippen LogP contribution is 2.23. The number of likely N-dealkylation sites (tertiary alicyclic amines) is 1. The van der Waals surface area contributed by atoms with E-state index in [1.165, 1.54) is 12.0 Å². The molecule has 1 heterocycles. The molecule has 1 saturated heterocycles. The number of ether oxygens (including phenoxy) is 1. The van der Waals surface area contributed by atoms with Crippen LogP contribution in [0, 0.1) is 5.53 Å². The van der Waals surface area contributed by atoms with Crippen LogP contribution in [0.4, 0.5) is 4.79 Å². The molecule has 126 valence electrons. The first-order valence-corrected chi connectivity index (χ1v) is 7.91. The largest absolute Gasteiger partial charge is 0.444 e. The number of carbonyl (C=O) groups excluding carboxylic acids is 1. The highest BCUT2D eigenvalue weighted by Gasteiger charge is 2.30. The number of nitrogens with zero attached hydrogens (tertiary/aromatic N) is 3. The van der Waals surface area contributed by atoms with Crippen LogP contribution in [0.25, 0.3) is 10.4 Å². The van der Waals surface area contributed by atoms with Crippen molar-refractivity contribution in [2.75, 3.05) is 6.54 Å². The molecule has 1 amide bonds. The van der Waals surface area contributed by atoms with Gasteiger partial charge in [-0.15, -0.1) is 5.53 Å². The van der Waals surface area contributed by atoms with E-state index in [0.717, 1.165) is 25.8 Å². The molecule has 6 nitrogen and oxygen atoms in total. The molecule has 23 heavy (non-hydrogen) atoms. The average molecular weight is 318 g/mol. The lowest BCUT2D eigenvalue weighted by atomic mass is 9.96. The Balaban J connectivity index is 0.000000816. The Hall–Kier alpha value is -2.20. The second-order valence-electron chi connectivity index (χ2n) is 6.61. The van der Waals surface area contributed by atoms with Gasteiger partial charge in [0.1, 0.15) is 5.60 Å². The quantitative estimate of drug-likeness (QED) is 0.477. The van der Waals surface area contributed by atoms with Gasteiger partial charge < -0.3 is 9.64 Å². The standard InChI is InChI=1S/C17H25NO2.HN3/c1-17(2,3)20-16(19)18-12-8-7-11-15(18)13-14-9-5-4-6-10-14;1-3-2/h4-6,9-10,15H,7-8,11-13H2,1-3H3;1H/t15-;/m1./s1. The predicted molar refractivity (Wildman–Crippen MR) is 90.2 cm³/mol. The topological polar surface area (TPSA) is 89.8 Å². The Labute approximate surface area is 137 Å². The van der Waals surface area contributed by atoms with Gasteiger partial charge in [0.25, 0.3) is 0 Å². The maximum absolute atomic E-state index is 12.3. The molecule has 0 spiro atoms. The summed E-state index contributed by atoms with van der Waals surface area (Å²) in [5, 5.41) is 0. The van der Waals surface area contributed by atoms with E-state index < -0.39 is 5.60 Å². The van der Waals surface area contributed by atoms with Crippen LogP contribution in [0.2, 0.25) is 0 Å². The van der Waals surface area contributed by atoms with E-state index >= 15 is 0 Å². The van der Waals surface area contributed by atoms with Crippen molar-refractivity contribution in [3.8, 4) is 0 Å². The van der Waals surface area contributed by atoms with E-state index in [4.69, 9.17) is 15.8 Å². The fourth-order valence-electron chi connectivity index (χ4n) is 2.66. The fraction of sp³-hybridized carbons (Fsp3) is 0.588. The van der Waals surface area contributed by atoms with Crippen molar-refractivity contribution in [2.45, 2.75) is 58.1 Å². The minimum atomic E-state index is -0.425. The number of amides is 1. The minimum absolute atomic E-state index is 0.168. The fourth-order valence-corrected chi connectivity index (χ4v) is 2.66. The summed E-state index contributed by atoms with van der Waals surface area (Å²) in [5.41, 5.74) is 13.1. The summed E-state index contributed by atoms with van der Waals surface area (Å²) in [5.74, 6) is 0. The van der Waals surface area contributed by atoms with E-state index in [1.807, 2.05) is 31.7 Å². The number of rotatable bonds is 2. The van der Waals surface area contributed by atoms with Gasteiger partial charge in [-0.25, -0.2) is 4.79 Å². The van der Waals surface area contributed by atoms with E-state index in [9.17, 15) is 4.79 Å². The van der Waals surface area contributed by atoms with Gasteiger partial charge in [-0.1, -0.05) is 30.3 Å². The molecule has 0 aromatic heterocycles. The van der Waals surface area contributed by atoms with Gasteiger partial charge in [0.2, 0.25) is 0 Å². The number of benzene rings is 1. The molecule has 1 aromatic rings. The Morgan fingerprint density at radius 1 is 1.35 bits per heavy atom. The third-order valence-corrected chi connectivity index (χ3v) is 3.57. The van der Waals surface area contributed by atoms with Crippen molar-refractivity contribution in [1.29, 1.82) is 5.53 Å². The average Bonchev–Trinajstić information content (AvgIpc) is 2.48. The van der Waals surface area contributed by atoms with Crippen molar-refractivity contribution in [2.24, 2.45) is 0 Å². The summed E-state index contributed by atoms with van der Waals surface area (Å²) in [6.07, 6.45) is 4.08. The SMILES string of the molecule is CC(C)(C)OC(=O)N1CCCC[C@@H]1Cc1ccccc1.[N-]=[N+]=N. The Bertz CT molecular complexity index is 519. The highest BCUT2D eigenvalue weighted by molar-refractivity contribution is 5.68. The molecule has 0 saturated carbocycles. The number of hydrogen-bond donors (Lipinski definition) is 1. The molecule has 1 aromatic carbocycles. The van der Waals surface area contributed by atoms with Crippen LogP contribution in [0.5, 0.6) is 0 Å². The van der Waals surface area contributed by atoms with Crippen LogP contribution < -0.4 is 0 Å². The lowest BCUT2D eigenvalue weighted by molar-refractivity contribution is 0.00995. The second-order valence-corrected chi connectivity index (χ2v) is 6.61. The monoisotopic (exact) mass is 318 g/mol. The molecule has 0 aliphatic carbocycles. The van der Waals surface area contributed by atoms with Gasteiger partial charge in [-0.3, -0.25) is 0 Å².